The van der Waals surface area contributed by atoms with E-state index >= 15 is 0 Å². The van der Waals surface area contributed by atoms with Crippen molar-refractivity contribution in [2.24, 2.45) is 0 Å². The van der Waals surface area contributed by atoms with Crippen molar-refractivity contribution in [1.82, 2.24) is 4.98 Å². The van der Waals surface area contributed by atoms with Crippen molar-refractivity contribution in [3.8, 4) is 5.75 Å². The van der Waals surface area contributed by atoms with Gasteiger partial charge in [-0.15, -0.1) is 0 Å². The van der Waals surface area contributed by atoms with Crippen LogP contribution in [-0.4, -0.2) is 16.0 Å². The molecule has 2 heterocycles. The van der Waals surface area contributed by atoms with Gasteiger partial charge in [-0.2, -0.15) is 0 Å². The van der Waals surface area contributed by atoms with Crippen LogP contribution in [0.1, 0.15) is 34.5 Å². The molecule has 2 aromatic rings. The van der Waals surface area contributed by atoms with Crippen molar-refractivity contribution < 1.29 is 9.90 Å². The summed E-state index contributed by atoms with van der Waals surface area (Å²) in [6, 6.07) is 7.44. The number of aromatic nitrogens is 1. The molecule has 0 radical (unpaired) electrons. The Morgan fingerprint density at radius 1 is 1.19 bits per heavy atom. The maximum absolute atomic E-state index is 11.4. The minimum Gasteiger partial charge on any atom is -0.508 e. The molecule has 4 nitrogen and oxygen atoms in total. The number of amides is 1. The molecule has 0 atom stereocenters. The van der Waals surface area contributed by atoms with E-state index in [0.29, 0.717) is 18.6 Å². The SMILES string of the molecule is Cc1cc(O)cc(C)c1Cc1ccc2c(n1)CCC(=O)N2. The molecule has 1 aromatic carbocycles. The predicted octanol–water partition coefficient (Wildman–Crippen LogP) is 2.88. The van der Waals surface area contributed by atoms with Gasteiger partial charge in [-0.1, -0.05) is 0 Å². The van der Waals surface area contributed by atoms with Gasteiger partial charge in [0.1, 0.15) is 5.75 Å². The third-order valence-electron chi connectivity index (χ3n) is 3.93. The zero-order chi connectivity index (χ0) is 15.0. The summed E-state index contributed by atoms with van der Waals surface area (Å²) in [4.78, 5) is 16.0. The Labute approximate surface area is 123 Å². The molecule has 0 fully saturated rings. The molecule has 1 aliphatic heterocycles. The van der Waals surface area contributed by atoms with E-state index in [2.05, 4.69) is 10.3 Å². The van der Waals surface area contributed by atoms with E-state index in [1.165, 1.54) is 5.56 Å². The molecule has 1 amide bonds. The minimum atomic E-state index is 0.0577. The van der Waals surface area contributed by atoms with Crippen LogP contribution >= 0.6 is 0 Å². The van der Waals surface area contributed by atoms with E-state index in [0.717, 1.165) is 34.6 Å². The number of anilines is 1. The van der Waals surface area contributed by atoms with Crippen LogP contribution in [0.4, 0.5) is 5.69 Å². The molecule has 108 valence electrons. The van der Waals surface area contributed by atoms with E-state index in [-0.39, 0.29) is 5.91 Å². The number of aryl methyl sites for hydroxylation is 3. The lowest BCUT2D eigenvalue weighted by atomic mass is 9.97. The number of fused-ring (bicyclic) bond motifs is 1. The first-order chi connectivity index (χ1) is 10.0. The van der Waals surface area contributed by atoms with Crippen LogP contribution in [0.15, 0.2) is 24.3 Å². The number of nitrogens with one attached hydrogen (secondary N) is 1. The van der Waals surface area contributed by atoms with Gasteiger partial charge in [-0.3, -0.25) is 9.78 Å². The molecule has 0 saturated heterocycles. The van der Waals surface area contributed by atoms with Crippen molar-refractivity contribution in [3.63, 3.8) is 0 Å². The molecular formula is C17H18N2O2. The van der Waals surface area contributed by atoms with Gasteiger partial charge in [0.15, 0.2) is 0 Å². The van der Waals surface area contributed by atoms with Crippen molar-refractivity contribution in [2.45, 2.75) is 33.1 Å². The lowest BCUT2D eigenvalue weighted by molar-refractivity contribution is -0.116. The summed E-state index contributed by atoms with van der Waals surface area (Å²) in [7, 11) is 0. The molecule has 21 heavy (non-hydrogen) atoms. The number of rotatable bonds is 2. The highest BCUT2D eigenvalue weighted by Crippen LogP contribution is 2.25. The maximum atomic E-state index is 11.4. The first-order valence-corrected chi connectivity index (χ1v) is 7.10. The summed E-state index contributed by atoms with van der Waals surface area (Å²) < 4.78 is 0. The van der Waals surface area contributed by atoms with Crippen LogP contribution < -0.4 is 5.32 Å². The summed E-state index contributed by atoms with van der Waals surface area (Å²) in [5.74, 6) is 0.358. The highest BCUT2D eigenvalue weighted by atomic mass is 16.3. The van der Waals surface area contributed by atoms with Crippen LogP contribution in [0.3, 0.4) is 0 Å². The van der Waals surface area contributed by atoms with E-state index in [1.54, 1.807) is 12.1 Å². The zero-order valence-electron chi connectivity index (χ0n) is 12.2. The minimum absolute atomic E-state index is 0.0577. The van der Waals surface area contributed by atoms with Gasteiger partial charge in [0.25, 0.3) is 0 Å². The largest absolute Gasteiger partial charge is 0.508 e. The molecule has 3 rings (SSSR count). The van der Waals surface area contributed by atoms with Gasteiger partial charge in [0, 0.05) is 25.0 Å². The van der Waals surface area contributed by atoms with Crippen molar-refractivity contribution in [2.75, 3.05) is 5.32 Å². The summed E-state index contributed by atoms with van der Waals surface area (Å²) in [6.07, 6.45) is 1.93. The molecular weight excluding hydrogens is 264 g/mol. The summed E-state index contributed by atoms with van der Waals surface area (Å²) in [6.45, 7) is 4.00. The second-order valence-corrected chi connectivity index (χ2v) is 5.58. The lowest BCUT2D eigenvalue weighted by Gasteiger charge is -2.17. The van der Waals surface area contributed by atoms with Gasteiger partial charge in [-0.05, 0) is 54.8 Å². The molecule has 1 aromatic heterocycles. The number of carbonyl (C=O) groups is 1. The molecule has 1 aliphatic rings. The number of pyridine rings is 1. The van der Waals surface area contributed by atoms with Crippen LogP contribution in [0.5, 0.6) is 5.75 Å². The lowest BCUT2D eigenvalue weighted by Crippen LogP contribution is -2.20. The maximum Gasteiger partial charge on any atom is 0.224 e. The molecule has 0 bridgehead atoms. The average Bonchev–Trinajstić information content (AvgIpc) is 2.43. The molecule has 4 heteroatoms. The number of hydrogen-bond donors (Lipinski definition) is 2. The fourth-order valence-corrected chi connectivity index (χ4v) is 2.82. The number of benzene rings is 1. The Morgan fingerprint density at radius 3 is 2.62 bits per heavy atom. The summed E-state index contributed by atoms with van der Waals surface area (Å²) >= 11 is 0. The fourth-order valence-electron chi connectivity index (χ4n) is 2.82. The topological polar surface area (TPSA) is 62.2 Å². The average molecular weight is 282 g/mol. The quantitative estimate of drug-likeness (QED) is 0.890. The Kier molecular flexibility index (Phi) is 3.37. The third-order valence-corrected chi connectivity index (χ3v) is 3.93. The number of carbonyl (C=O) groups excluding carboxylic acids is 1. The second kappa shape index (κ2) is 5.20. The monoisotopic (exact) mass is 282 g/mol. The normalized spacial score (nSPS) is 13.7. The third kappa shape index (κ3) is 2.75. The van der Waals surface area contributed by atoms with Crippen LogP contribution in [0.25, 0.3) is 0 Å². The van der Waals surface area contributed by atoms with Crippen LogP contribution in [0, 0.1) is 13.8 Å². The number of aromatic hydroxyl groups is 1. The van der Waals surface area contributed by atoms with Crippen LogP contribution in [-0.2, 0) is 17.6 Å². The number of phenolic OH excluding ortho intramolecular Hbond substituents is 1. The number of phenols is 1. The number of nitrogens with zero attached hydrogens (tertiary/aromatic N) is 1. The Hall–Kier alpha value is -2.36. The standard InChI is InChI=1S/C17H18N2O2/c1-10-7-13(20)8-11(2)14(10)9-12-3-4-16-15(18-12)5-6-17(21)19-16/h3-4,7-8,20H,5-6,9H2,1-2H3,(H,19,21). The summed E-state index contributed by atoms with van der Waals surface area (Å²) in [5.41, 5.74) is 6.11. The van der Waals surface area contributed by atoms with E-state index in [1.807, 2.05) is 26.0 Å². The molecule has 0 aliphatic carbocycles. The van der Waals surface area contributed by atoms with E-state index < -0.39 is 0 Å². The van der Waals surface area contributed by atoms with Crippen molar-refractivity contribution in [1.29, 1.82) is 0 Å². The highest BCUT2D eigenvalue weighted by Gasteiger charge is 2.16. The second-order valence-electron chi connectivity index (χ2n) is 5.58. The number of hydrogen-bond acceptors (Lipinski definition) is 3. The van der Waals surface area contributed by atoms with Gasteiger partial charge >= 0.3 is 0 Å². The molecule has 2 N–H and O–H groups in total. The van der Waals surface area contributed by atoms with Gasteiger partial charge in [-0.25, -0.2) is 0 Å². The Balaban J connectivity index is 1.91. The summed E-state index contributed by atoms with van der Waals surface area (Å²) in [5, 5.41) is 12.5. The van der Waals surface area contributed by atoms with Gasteiger partial charge in [0.2, 0.25) is 5.91 Å². The molecule has 0 unspecified atom stereocenters. The zero-order valence-corrected chi connectivity index (χ0v) is 12.2. The van der Waals surface area contributed by atoms with E-state index in [4.69, 9.17) is 0 Å². The predicted molar refractivity (Wildman–Crippen MR) is 81.6 cm³/mol. The van der Waals surface area contributed by atoms with Gasteiger partial charge in [0.05, 0.1) is 11.4 Å². The Bertz CT molecular complexity index is 700. The van der Waals surface area contributed by atoms with E-state index in [9.17, 15) is 9.90 Å². The van der Waals surface area contributed by atoms with Crippen molar-refractivity contribution in [3.05, 3.63) is 52.3 Å². The molecule has 0 saturated carbocycles. The highest BCUT2D eigenvalue weighted by molar-refractivity contribution is 5.93. The van der Waals surface area contributed by atoms with Crippen LogP contribution in [0.2, 0.25) is 0 Å². The smallest absolute Gasteiger partial charge is 0.224 e. The van der Waals surface area contributed by atoms with Gasteiger partial charge < -0.3 is 10.4 Å². The molecule has 0 spiro atoms. The first kappa shape index (κ1) is 13.6. The Morgan fingerprint density at radius 2 is 1.90 bits per heavy atom. The van der Waals surface area contributed by atoms with Crippen molar-refractivity contribution >= 4 is 11.6 Å². The fraction of sp³-hybridized carbons (Fsp3) is 0.294. The first-order valence-electron chi connectivity index (χ1n) is 7.10.